The maximum atomic E-state index is 11.9. The molecule has 0 aromatic rings. The number of likely N-dealkylation sites (tertiary alicyclic amines) is 2. The SMILES string of the molecule is CCOC(=O)N1CCC(NCCC(=O)N2CCCC2)CC1. The quantitative estimate of drug-likeness (QED) is 0.828. The third kappa shape index (κ3) is 4.88. The summed E-state index contributed by atoms with van der Waals surface area (Å²) in [5.74, 6) is 0.268. The third-order valence-electron chi connectivity index (χ3n) is 4.25. The number of nitrogens with zero attached hydrogens (tertiary/aromatic N) is 2. The predicted molar refractivity (Wildman–Crippen MR) is 80.1 cm³/mol. The highest BCUT2D eigenvalue weighted by atomic mass is 16.6. The molecule has 0 atom stereocenters. The summed E-state index contributed by atoms with van der Waals surface area (Å²) in [6, 6.07) is 0.405. The van der Waals surface area contributed by atoms with Crippen LogP contribution in [0.3, 0.4) is 0 Å². The van der Waals surface area contributed by atoms with Crippen LogP contribution in [0.5, 0.6) is 0 Å². The minimum atomic E-state index is -0.208. The van der Waals surface area contributed by atoms with Crippen LogP contribution in [0.25, 0.3) is 0 Å². The van der Waals surface area contributed by atoms with Gasteiger partial charge in [-0.3, -0.25) is 4.79 Å². The molecule has 0 radical (unpaired) electrons. The average molecular weight is 297 g/mol. The van der Waals surface area contributed by atoms with E-state index in [1.165, 1.54) is 0 Å². The highest BCUT2D eigenvalue weighted by molar-refractivity contribution is 5.76. The molecular weight excluding hydrogens is 270 g/mol. The molecule has 0 aliphatic carbocycles. The van der Waals surface area contributed by atoms with E-state index in [2.05, 4.69) is 5.32 Å². The topological polar surface area (TPSA) is 61.9 Å². The summed E-state index contributed by atoms with van der Waals surface area (Å²) in [4.78, 5) is 27.2. The summed E-state index contributed by atoms with van der Waals surface area (Å²) in [5, 5.41) is 3.44. The highest BCUT2D eigenvalue weighted by Gasteiger charge is 2.23. The molecule has 0 spiro atoms. The molecule has 2 aliphatic rings. The lowest BCUT2D eigenvalue weighted by Gasteiger charge is -2.31. The van der Waals surface area contributed by atoms with Crippen LogP contribution in [0, 0.1) is 0 Å². The Labute approximate surface area is 126 Å². The number of ether oxygens (including phenoxy) is 1. The molecule has 0 bridgehead atoms. The lowest BCUT2D eigenvalue weighted by atomic mass is 10.1. The van der Waals surface area contributed by atoms with Crippen molar-refractivity contribution in [1.29, 1.82) is 0 Å². The largest absolute Gasteiger partial charge is 0.450 e. The minimum absolute atomic E-state index is 0.208. The summed E-state index contributed by atoms with van der Waals surface area (Å²) >= 11 is 0. The number of piperidine rings is 1. The zero-order valence-electron chi connectivity index (χ0n) is 13.0. The maximum Gasteiger partial charge on any atom is 0.409 e. The van der Waals surface area contributed by atoms with Gasteiger partial charge in [-0.15, -0.1) is 0 Å². The van der Waals surface area contributed by atoms with Crippen LogP contribution in [0.15, 0.2) is 0 Å². The molecule has 2 rings (SSSR count). The van der Waals surface area contributed by atoms with E-state index < -0.39 is 0 Å². The number of hydrogen-bond acceptors (Lipinski definition) is 4. The van der Waals surface area contributed by atoms with Crippen molar-refractivity contribution in [3.63, 3.8) is 0 Å². The minimum Gasteiger partial charge on any atom is -0.450 e. The average Bonchev–Trinajstić information content (AvgIpc) is 3.02. The van der Waals surface area contributed by atoms with E-state index in [9.17, 15) is 9.59 Å². The summed E-state index contributed by atoms with van der Waals surface area (Å²) in [6.45, 7) is 6.30. The Kier molecular flexibility index (Phi) is 6.29. The van der Waals surface area contributed by atoms with Crippen LogP contribution in [0.2, 0.25) is 0 Å². The molecule has 2 fully saturated rings. The Morgan fingerprint density at radius 1 is 1.10 bits per heavy atom. The van der Waals surface area contributed by atoms with E-state index in [0.29, 0.717) is 19.1 Å². The molecule has 2 heterocycles. The first-order valence-corrected chi connectivity index (χ1v) is 8.13. The second kappa shape index (κ2) is 8.22. The molecule has 1 N–H and O–H groups in total. The van der Waals surface area contributed by atoms with Gasteiger partial charge in [0.1, 0.15) is 0 Å². The van der Waals surface area contributed by atoms with Crippen LogP contribution in [0.1, 0.15) is 39.0 Å². The van der Waals surface area contributed by atoms with Crippen molar-refractivity contribution in [2.24, 2.45) is 0 Å². The molecule has 120 valence electrons. The summed E-state index contributed by atoms with van der Waals surface area (Å²) in [5.41, 5.74) is 0. The Balaban J connectivity index is 1.58. The molecule has 2 saturated heterocycles. The lowest BCUT2D eigenvalue weighted by Crippen LogP contribution is -2.45. The number of rotatable bonds is 5. The molecule has 0 aromatic heterocycles. The Morgan fingerprint density at radius 2 is 1.76 bits per heavy atom. The number of carbonyl (C=O) groups is 2. The summed E-state index contributed by atoms with van der Waals surface area (Å²) < 4.78 is 5.00. The van der Waals surface area contributed by atoms with Gasteiger partial charge in [0.15, 0.2) is 0 Å². The predicted octanol–water partition coefficient (Wildman–Crippen LogP) is 1.21. The molecule has 6 heteroatoms. The lowest BCUT2D eigenvalue weighted by molar-refractivity contribution is -0.130. The monoisotopic (exact) mass is 297 g/mol. The summed E-state index contributed by atoms with van der Waals surface area (Å²) in [7, 11) is 0. The first-order chi connectivity index (χ1) is 10.2. The van der Waals surface area contributed by atoms with E-state index >= 15 is 0 Å². The van der Waals surface area contributed by atoms with Gasteiger partial charge in [0, 0.05) is 45.2 Å². The second-order valence-electron chi connectivity index (χ2n) is 5.75. The van der Waals surface area contributed by atoms with Gasteiger partial charge in [-0.2, -0.15) is 0 Å². The first-order valence-electron chi connectivity index (χ1n) is 8.13. The van der Waals surface area contributed by atoms with Gasteiger partial charge in [-0.25, -0.2) is 4.79 Å². The van der Waals surface area contributed by atoms with Crippen LogP contribution in [-0.2, 0) is 9.53 Å². The fraction of sp³-hybridized carbons (Fsp3) is 0.867. The maximum absolute atomic E-state index is 11.9. The fourth-order valence-electron chi connectivity index (χ4n) is 2.99. The Morgan fingerprint density at radius 3 is 2.38 bits per heavy atom. The zero-order chi connectivity index (χ0) is 15.1. The van der Waals surface area contributed by atoms with Crippen molar-refractivity contribution in [2.75, 3.05) is 39.3 Å². The van der Waals surface area contributed by atoms with Crippen LogP contribution in [-0.4, -0.2) is 67.2 Å². The molecule has 0 unspecified atom stereocenters. The van der Waals surface area contributed by atoms with Gasteiger partial charge in [-0.05, 0) is 32.6 Å². The van der Waals surface area contributed by atoms with Crippen molar-refractivity contribution in [1.82, 2.24) is 15.1 Å². The van der Waals surface area contributed by atoms with Crippen LogP contribution >= 0.6 is 0 Å². The van der Waals surface area contributed by atoms with Gasteiger partial charge in [0.05, 0.1) is 6.61 Å². The van der Waals surface area contributed by atoms with Gasteiger partial charge < -0.3 is 19.9 Å². The van der Waals surface area contributed by atoms with Crippen molar-refractivity contribution in [3.8, 4) is 0 Å². The Hall–Kier alpha value is -1.30. The molecule has 2 amide bonds. The second-order valence-corrected chi connectivity index (χ2v) is 5.75. The van der Waals surface area contributed by atoms with E-state index in [1.54, 1.807) is 4.90 Å². The summed E-state index contributed by atoms with van der Waals surface area (Å²) in [6.07, 6.45) is 4.52. The Bertz CT molecular complexity index is 348. The normalized spacial score (nSPS) is 19.9. The van der Waals surface area contributed by atoms with Crippen molar-refractivity contribution >= 4 is 12.0 Å². The molecular formula is C15H27N3O3. The van der Waals surface area contributed by atoms with E-state index in [4.69, 9.17) is 4.74 Å². The van der Waals surface area contributed by atoms with Crippen LogP contribution < -0.4 is 5.32 Å². The van der Waals surface area contributed by atoms with Crippen molar-refractivity contribution < 1.29 is 14.3 Å². The van der Waals surface area contributed by atoms with Crippen LogP contribution in [0.4, 0.5) is 4.79 Å². The highest BCUT2D eigenvalue weighted by Crippen LogP contribution is 2.12. The molecule has 6 nitrogen and oxygen atoms in total. The van der Waals surface area contributed by atoms with E-state index in [-0.39, 0.29) is 12.0 Å². The number of carbonyl (C=O) groups excluding carboxylic acids is 2. The molecule has 2 aliphatic heterocycles. The van der Waals surface area contributed by atoms with Gasteiger partial charge >= 0.3 is 6.09 Å². The standard InChI is InChI=1S/C15H27N3O3/c1-2-21-15(20)18-11-6-13(7-12-18)16-8-5-14(19)17-9-3-4-10-17/h13,16H,2-12H2,1H3. The number of amides is 2. The van der Waals surface area contributed by atoms with Crippen molar-refractivity contribution in [3.05, 3.63) is 0 Å². The van der Waals surface area contributed by atoms with E-state index in [0.717, 1.165) is 58.4 Å². The zero-order valence-corrected chi connectivity index (χ0v) is 13.0. The third-order valence-corrected chi connectivity index (χ3v) is 4.25. The van der Waals surface area contributed by atoms with Gasteiger partial charge in [-0.1, -0.05) is 0 Å². The molecule has 21 heavy (non-hydrogen) atoms. The molecule has 0 aromatic carbocycles. The molecule has 0 saturated carbocycles. The smallest absolute Gasteiger partial charge is 0.409 e. The number of hydrogen-bond donors (Lipinski definition) is 1. The number of nitrogens with one attached hydrogen (secondary N) is 1. The van der Waals surface area contributed by atoms with E-state index in [1.807, 2.05) is 11.8 Å². The van der Waals surface area contributed by atoms with Crippen molar-refractivity contribution in [2.45, 2.75) is 45.1 Å². The van der Waals surface area contributed by atoms with Gasteiger partial charge in [0.2, 0.25) is 5.91 Å². The fourth-order valence-corrected chi connectivity index (χ4v) is 2.99. The van der Waals surface area contributed by atoms with Gasteiger partial charge in [0.25, 0.3) is 0 Å². The first kappa shape index (κ1) is 16.1.